The van der Waals surface area contributed by atoms with Crippen LogP contribution in [0.5, 0.6) is 0 Å². The molecule has 0 amide bonds. The average molecular weight is 595 g/mol. The monoisotopic (exact) mass is 589 g/mol. The van der Waals surface area contributed by atoms with Gasteiger partial charge < -0.3 is 84.9 Å². The topological polar surface area (TPSA) is 0 Å². The molecular weight excluding hydrogens is 595 g/mol. The summed E-state index contributed by atoms with van der Waals surface area (Å²) in [6.45, 7) is 0. The van der Waals surface area contributed by atoms with Crippen LogP contribution in [0.1, 0.15) is 0 Å². The van der Waals surface area contributed by atoms with Crippen molar-refractivity contribution in [3.8, 4) is 0 Å². The summed E-state index contributed by atoms with van der Waals surface area (Å²) in [4.78, 5) is 0. The molecule has 0 bridgehead atoms. The first kappa shape index (κ1) is 70.5. The Labute approximate surface area is 329 Å². The second-order valence-corrected chi connectivity index (χ2v) is 0. The molecule has 0 aliphatic heterocycles. The molecule has 0 saturated heterocycles. The summed E-state index contributed by atoms with van der Waals surface area (Å²) in [5, 5.41) is 0. The molecule has 10 heavy (non-hydrogen) atoms. The fraction of sp³-hybridized carbons (Fsp3) is 0. The Morgan fingerprint density at radius 3 is 0.200 bits per heavy atom. The van der Waals surface area contributed by atoms with Crippen molar-refractivity contribution in [2.75, 3.05) is 0 Å². The van der Waals surface area contributed by atoms with Crippen molar-refractivity contribution < 1.29 is 342 Å². The predicted molar refractivity (Wildman–Crippen MR) is 0 cm³/mol. The number of halogens is 5. The van der Waals surface area contributed by atoms with Gasteiger partial charge in [-0.3, -0.25) is 0 Å². The maximum absolute atomic E-state index is 0. The molecule has 0 aromatic heterocycles. The molecule has 0 aliphatic carbocycles. The maximum atomic E-state index is 0. The van der Waals surface area contributed by atoms with Crippen LogP contribution in [0.3, 0.4) is 0 Å². The molecule has 0 radical (unpaired) electrons. The quantitative estimate of drug-likeness (QED) is 0.245. The van der Waals surface area contributed by atoms with E-state index in [-0.39, 0.29) is 342 Å². The van der Waals surface area contributed by atoms with Gasteiger partial charge in [-0.25, -0.2) is 0 Å². The molecule has 0 aromatic carbocycles. The van der Waals surface area contributed by atoms with E-state index in [4.69, 9.17) is 0 Å². The number of hydrogen-bond donors (Lipinski definition) is 0. The van der Waals surface area contributed by atoms with Gasteiger partial charge in [-0.2, -0.15) is 0 Å². The van der Waals surface area contributed by atoms with Crippen molar-refractivity contribution in [1.82, 2.24) is 0 Å². The molecule has 0 saturated carbocycles. The standard InChI is InChI=1S/5BrH.5K/h5*1H;;;;;/q;;;;;5*+1/p-5. The zero-order valence-corrected chi connectivity index (χ0v) is 30.4. The summed E-state index contributed by atoms with van der Waals surface area (Å²) < 4.78 is 0. The fourth-order valence-electron chi connectivity index (χ4n) is 0. The van der Waals surface area contributed by atoms with E-state index in [0.29, 0.717) is 0 Å². The zero-order valence-electron chi connectivity index (χ0n) is 6.89. The molecule has 0 aliphatic rings. The summed E-state index contributed by atoms with van der Waals surface area (Å²) in [6.07, 6.45) is 0. The Morgan fingerprint density at radius 2 is 0.200 bits per heavy atom. The summed E-state index contributed by atoms with van der Waals surface area (Å²) in [5.41, 5.74) is 0. The van der Waals surface area contributed by atoms with Gasteiger partial charge in [0.15, 0.2) is 0 Å². The molecule has 0 nitrogen and oxygen atoms in total. The Hall–Kier alpha value is 10.6. The molecule has 0 aromatic rings. The van der Waals surface area contributed by atoms with Gasteiger partial charge in [0.2, 0.25) is 0 Å². The molecule has 0 fully saturated rings. The Balaban J connectivity index is 0. The van der Waals surface area contributed by atoms with Crippen LogP contribution in [-0.4, -0.2) is 0 Å². The Kier molecular flexibility index (Phi) is 426. The smallest absolute Gasteiger partial charge is 1.00 e. The third-order valence-corrected chi connectivity index (χ3v) is 0. The molecule has 0 atom stereocenters. The first-order chi connectivity index (χ1) is 0. The van der Waals surface area contributed by atoms with Crippen LogP contribution in [0.2, 0.25) is 0 Å². The van der Waals surface area contributed by atoms with Crippen LogP contribution in [0, 0.1) is 0 Å². The molecule has 0 unspecified atom stereocenters. The number of rotatable bonds is 0. The maximum Gasteiger partial charge on any atom is 1.00 e. The minimum atomic E-state index is 0. The molecule has 0 rings (SSSR count). The molecule has 0 heterocycles. The van der Waals surface area contributed by atoms with Gasteiger partial charge in [0, 0.05) is 0 Å². The van der Waals surface area contributed by atoms with Crippen molar-refractivity contribution in [1.29, 1.82) is 0 Å². The van der Waals surface area contributed by atoms with Gasteiger partial charge in [-0.1, -0.05) is 0 Å². The average Bonchev–Trinajstić information content (AvgIpc) is 0. The van der Waals surface area contributed by atoms with E-state index in [0.717, 1.165) is 0 Å². The van der Waals surface area contributed by atoms with Crippen molar-refractivity contribution in [2.45, 2.75) is 0 Å². The fourth-order valence-corrected chi connectivity index (χ4v) is 0. The molecule has 0 N–H and O–H groups in total. The summed E-state index contributed by atoms with van der Waals surface area (Å²) >= 11 is 0. The van der Waals surface area contributed by atoms with E-state index in [1.54, 1.807) is 0 Å². The SMILES string of the molecule is [Br-].[Br-].[Br-].[Br-].[Br-].[K+].[K+].[K+].[K+].[K+]. The van der Waals surface area contributed by atoms with Crippen LogP contribution in [-0.2, 0) is 0 Å². The second kappa shape index (κ2) is 60.4. The number of hydrogen-bond acceptors (Lipinski definition) is 0. The predicted octanol–water partition coefficient (Wildman–Crippen LogP) is -30.0. The van der Waals surface area contributed by atoms with Gasteiger partial charge in [0.1, 0.15) is 0 Å². The van der Waals surface area contributed by atoms with Gasteiger partial charge in [0.25, 0.3) is 0 Å². The van der Waals surface area contributed by atoms with E-state index < -0.39 is 0 Å². The van der Waals surface area contributed by atoms with Gasteiger partial charge in [0.05, 0.1) is 0 Å². The summed E-state index contributed by atoms with van der Waals surface area (Å²) in [7, 11) is 0. The van der Waals surface area contributed by atoms with E-state index in [1.165, 1.54) is 0 Å². The van der Waals surface area contributed by atoms with E-state index in [2.05, 4.69) is 0 Å². The summed E-state index contributed by atoms with van der Waals surface area (Å²) in [5.74, 6) is 0. The largest absolute Gasteiger partial charge is 1.00 e. The van der Waals surface area contributed by atoms with E-state index in [1.807, 2.05) is 0 Å². The van der Waals surface area contributed by atoms with Gasteiger partial charge >= 0.3 is 257 Å². The first-order valence-electron chi connectivity index (χ1n) is 0. The zero-order chi connectivity index (χ0) is 0. The molecule has 10 heteroatoms. The van der Waals surface area contributed by atoms with Crippen LogP contribution < -0.4 is 342 Å². The Morgan fingerprint density at radius 1 is 0.200 bits per heavy atom. The van der Waals surface area contributed by atoms with Gasteiger partial charge in [-0.05, 0) is 0 Å². The van der Waals surface area contributed by atoms with E-state index >= 15 is 0 Å². The summed E-state index contributed by atoms with van der Waals surface area (Å²) in [6, 6.07) is 0. The third kappa shape index (κ3) is 51.3. The minimum Gasteiger partial charge on any atom is -1.00 e. The minimum absolute atomic E-state index is 0. The van der Waals surface area contributed by atoms with Crippen molar-refractivity contribution in [3.63, 3.8) is 0 Å². The van der Waals surface area contributed by atoms with Crippen molar-refractivity contribution >= 4 is 0 Å². The van der Waals surface area contributed by atoms with Crippen molar-refractivity contribution in [3.05, 3.63) is 0 Å². The van der Waals surface area contributed by atoms with Crippen LogP contribution in [0.25, 0.3) is 0 Å². The first-order valence-corrected chi connectivity index (χ1v) is 0. The molecule has 0 spiro atoms. The van der Waals surface area contributed by atoms with Crippen LogP contribution in [0.4, 0.5) is 0 Å². The van der Waals surface area contributed by atoms with Crippen LogP contribution in [0.15, 0.2) is 0 Å². The molecule has 40 valence electrons. The second-order valence-electron chi connectivity index (χ2n) is 0. The third-order valence-electron chi connectivity index (χ3n) is 0. The molecular formula is Br5K5. The van der Waals surface area contributed by atoms with Crippen LogP contribution >= 0.6 is 0 Å². The Bertz CT molecular complexity index is 10.0. The van der Waals surface area contributed by atoms with Crippen molar-refractivity contribution in [2.24, 2.45) is 0 Å². The van der Waals surface area contributed by atoms with Gasteiger partial charge in [-0.15, -0.1) is 0 Å². The normalized spacial score (nSPS) is 0. The van der Waals surface area contributed by atoms with E-state index in [9.17, 15) is 0 Å².